The molecule has 0 aliphatic heterocycles. The Hall–Kier alpha value is -1.87. The normalized spacial score (nSPS) is 21.7. The van der Waals surface area contributed by atoms with Gasteiger partial charge in [0.15, 0.2) is 0 Å². The van der Waals surface area contributed by atoms with Crippen molar-refractivity contribution in [3.05, 3.63) is 53.7 Å². The van der Waals surface area contributed by atoms with Crippen LogP contribution in [-0.4, -0.2) is 11.0 Å². The molecule has 0 spiro atoms. The highest BCUT2D eigenvalue weighted by atomic mass is 15.0. The molecule has 3 nitrogen and oxygen atoms in total. The Morgan fingerprint density at radius 3 is 2.44 bits per heavy atom. The number of hydrogen-bond donors (Lipinski definition) is 2. The molecule has 3 N–H and O–H groups in total. The van der Waals surface area contributed by atoms with Crippen molar-refractivity contribution in [1.82, 2.24) is 4.98 Å². The van der Waals surface area contributed by atoms with E-state index in [2.05, 4.69) is 47.6 Å². The molecule has 0 bridgehead atoms. The molecule has 1 fully saturated rings. The highest BCUT2D eigenvalue weighted by Crippen LogP contribution is 2.38. The summed E-state index contributed by atoms with van der Waals surface area (Å²) < 4.78 is 0. The van der Waals surface area contributed by atoms with Gasteiger partial charge in [0.1, 0.15) is 5.82 Å². The third kappa shape index (κ3) is 2.36. The molecule has 3 heteroatoms. The van der Waals surface area contributed by atoms with Gasteiger partial charge in [-0.2, -0.15) is 0 Å². The fourth-order valence-electron chi connectivity index (χ4n) is 2.08. The van der Waals surface area contributed by atoms with Crippen LogP contribution in [0.5, 0.6) is 0 Å². The number of aromatic nitrogens is 1. The van der Waals surface area contributed by atoms with Crippen molar-refractivity contribution in [3.63, 3.8) is 0 Å². The molecule has 1 aromatic heterocycles. The van der Waals surface area contributed by atoms with Crippen LogP contribution in [0.3, 0.4) is 0 Å². The van der Waals surface area contributed by atoms with Gasteiger partial charge >= 0.3 is 0 Å². The molecule has 1 aliphatic carbocycles. The van der Waals surface area contributed by atoms with Gasteiger partial charge in [-0.3, -0.25) is 0 Å². The zero-order chi connectivity index (χ0) is 12.5. The predicted molar refractivity (Wildman–Crippen MR) is 74.0 cm³/mol. The number of hydrogen-bond acceptors (Lipinski definition) is 3. The van der Waals surface area contributed by atoms with Crippen LogP contribution >= 0.6 is 0 Å². The monoisotopic (exact) mass is 239 g/mol. The molecule has 3 rings (SSSR count). The number of anilines is 2. The maximum absolute atomic E-state index is 5.83. The van der Waals surface area contributed by atoms with E-state index in [0.717, 1.165) is 17.9 Å². The van der Waals surface area contributed by atoms with E-state index in [1.165, 1.54) is 11.1 Å². The first kappa shape index (κ1) is 11.2. The molecule has 0 radical (unpaired) electrons. The third-order valence-electron chi connectivity index (χ3n) is 3.38. The molecule has 18 heavy (non-hydrogen) atoms. The van der Waals surface area contributed by atoms with Gasteiger partial charge in [-0.1, -0.05) is 23.8 Å². The van der Waals surface area contributed by atoms with E-state index in [9.17, 15) is 0 Å². The number of aryl methyl sites for hydroxylation is 1. The summed E-state index contributed by atoms with van der Waals surface area (Å²) in [4.78, 5) is 4.43. The summed E-state index contributed by atoms with van der Waals surface area (Å²) in [5.41, 5.74) is 9.39. The predicted octanol–water partition coefficient (Wildman–Crippen LogP) is 2.95. The number of nitrogens with one attached hydrogen (secondary N) is 1. The van der Waals surface area contributed by atoms with Crippen LogP contribution in [0.15, 0.2) is 42.6 Å². The molecular weight excluding hydrogens is 222 g/mol. The fraction of sp³-hybridized carbons (Fsp3) is 0.267. The van der Waals surface area contributed by atoms with Crippen LogP contribution in [0.2, 0.25) is 0 Å². The van der Waals surface area contributed by atoms with Crippen LogP contribution in [0.25, 0.3) is 0 Å². The summed E-state index contributed by atoms with van der Waals surface area (Å²) >= 11 is 0. The van der Waals surface area contributed by atoms with E-state index in [-0.39, 0.29) is 0 Å². The average Bonchev–Trinajstić information content (AvgIpc) is 3.10. The van der Waals surface area contributed by atoms with E-state index in [0.29, 0.717) is 12.0 Å². The fourth-order valence-corrected chi connectivity index (χ4v) is 2.08. The molecule has 0 unspecified atom stereocenters. The Bertz CT molecular complexity index is 531. The van der Waals surface area contributed by atoms with E-state index in [4.69, 9.17) is 5.73 Å². The lowest BCUT2D eigenvalue weighted by molar-refractivity contribution is 0.981. The van der Waals surface area contributed by atoms with Crippen molar-refractivity contribution >= 4 is 11.5 Å². The van der Waals surface area contributed by atoms with Crippen LogP contribution < -0.4 is 11.1 Å². The van der Waals surface area contributed by atoms with Gasteiger partial charge in [0.05, 0.1) is 0 Å². The van der Waals surface area contributed by atoms with Crippen molar-refractivity contribution in [3.8, 4) is 0 Å². The van der Waals surface area contributed by atoms with Gasteiger partial charge in [0, 0.05) is 23.8 Å². The molecule has 92 valence electrons. The summed E-state index contributed by atoms with van der Waals surface area (Å²) in [5.74, 6) is 1.39. The van der Waals surface area contributed by atoms with Gasteiger partial charge in [-0.25, -0.2) is 4.98 Å². The van der Waals surface area contributed by atoms with Crippen molar-refractivity contribution in [2.45, 2.75) is 25.3 Å². The van der Waals surface area contributed by atoms with Gasteiger partial charge < -0.3 is 11.1 Å². The largest absolute Gasteiger partial charge is 0.340 e. The zero-order valence-electron chi connectivity index (χ0n) is 10.4. The molecule has 1 aliphatic rings. The van der Waals surface area contributed by atoms with Gasteiger partial charge in [0.2, 0.25) is 0 Å². The van der Waals surface area contributed by atoms with Crippen molar-refractivity contribution in [2.24, 2.45) is 5.73 Å². The molecule has 0 saturated heterocycles. The Labute approximate surface area is 107 Å². The number of rotatable bonds is 3. The van der Waals surface area contributed by atoms with E-state index in [1.54, 1.807) is 0 Å². The Kier molecular flexibility index (Phi) is 2.76. The number of nitrogens with zero attached hydrogens (tertiary/aromatic N) is 1. The van der Waals surface area contributed by atoms with Gasteiger partial charge in [-0.05, 0) is 37.1 Å². The van der Waals surface area contributed by atoms with Crippen LogP contribution in [0.1, 0.15) is 23.5 Å². The first-order valence-corrected chi connectivity index (χ1v) is 6.27. The lowest BCUT2D eigenvalue weighted by Gasteiger charge is -2.06. The minimum atomic E-state index is 0.336. The number of benzene rings is 1. The lowest BCUT2D eigenvalue weighted by Crippen LogP contribution is -2.01. The number of nitrogens with two attached hydrogens (primary N) is 1. The summed E-state index contributed by atoms with van der Waals surface area (Å²) in [5, 5.41) is 3.29. The molecule has 1 aromatic carbocycles. The second-order valence-electron chi connectivity index (χ2n) is 4.97. The minimum absolute atomic E-state index is 0.336. The summed E-state index contributed by atoms with van der Waals surface area (Å²) in [6.07, 6.45) is 3.01. The Morgan fingerprint density at radius 2 is 1.89 bits per heavy atom. The lowest BCUT2D eigenvalue weighted by atomic mass is 10.2. The van der Waals surface area contributed by atoms with Gasteiger partial charge in [-0.15, -0.1) is 0 Å². The molecule has 1 heterocycles. The van der Waals surface area contributed by atoms with Crippen LogP contribution in [-0.2, 0) is 0 Å². The highest BCUT2D eigenvalue weighted by molar-refractivity contribution is 5.56. The molecule has 2 aromatic rings. The summed E-state index contributed by atoms with van der Waals surface area (Å²) in [6, 6.07) is 12.7. The third-order valence-corrected chi connectivity index (χ3v) is 3.38. The SMILES string of the molecule is Cc1ccc(Nc2ccc([C@@H]3C[C@H]3N)cn2)cc1. The average molecular weight is 239 g/mol. The second-order valence-corrected chi connectivity index (χ2v) is 4.97. The maximum atomic E-state index is 5.83. The maximum Gasteiger partial charge on any atom is 0.130 e. The van der Waals surface area contributed by atoms with Crippen molar-refractivity contribution in [1.29, 1.82) is 0 Å². The molecule has 1 saturated carbocycles. The smallest absolute Gasteiger partial charge is 0.130 e. The number of pyridine rings is 1. The molecular formula is C15H17N3. The first-order chi connectivity index (χ1) is 8.72. The van der Waals surface area contributed by atoms with E-state index >= 15 is 0 Å². The topological polar surface area (TPSA) is 50.9 Å². The molecule has 2 atom stereocenters. The molecule has 0 amide bonds. The highest BCUT2D eigenvalue weighted by Gasteiger charge is 2.34. The minimum Gasteiger partial charge on any atom is -0.340 e. The second kappa shape index (κ2) is 4.42. The quantitative estimate of drug-likeness (QED) is 0.865. The summed E-state index contributed by atoms with van der Waals surface area (Å²) in [7, 11) is 0. The summed E-state index contributed by atoms with van der Waals surface area (Å²) in [6.45, 7) is 2.08. The van der Waals surface area contributed by atoms with Crippen molar-refractivity contribution in [2.75, 3.05) is 5.32 Å². The Morgan fingerprint density at radius 1 is 1.17 bits per heavy atom. The standard InChI is InChI=1S/C15H17N3/c1-10-2-5-12(6-3-10)18-15-7-4-11(9-17-15)13-8-14(13)16/h2-7,9,13-14H,8,16H2,1H3,(H,17,18)/t13-,14+/m0/s1. The van der Waals surface area contributed by atoms with E-state index in [1.807, 2.05) is 12.3 Å². The Balaban J connectivity index is 1.71. The van der Waals surface area contributed by atoms with Crippen LogP contribution in [0.4, 0.5) is 11.5 Å². The van der Waals surface area contributed by atoms with Gasteiger partial charge in [0.25, 0.3) is 0 Å². The van der Waals surface area contributed by atoms with Crippen molar-refractivity contribution < 1.29 is 0 Å². The van der Waals surface area contributed by atoms with Crippen LogP contribution in [0, 0.1) is 6.92 Å². The zero-order valence-corrected chi connectivity index (χ0v) is 10.4. The van der Waals surface area contributed by atoms with E-state index < -0.39 is 0 Å². The first-order valence-electron chi connectivity index (χ1n) is 6.27.